The van der Waals surface area contributed by atoms with Crippen molar-refractivity contribution in [2.75, 3.05) is 25.4 Å². The molecule has 0 bridgehead atoms. The Kier molecular flexibility index (Phi) is 5.23. The summed E-state index contributed by atoms with van der Waals surface area (Å²) >= 11 is 1.60. The van der Waals surface area contributed by atoms with E-state index in [-0.39, 0.29) is 11.3 Å². The van der Waals surface area contributed by atoms with Gasteiger partial charge >= 0.3 is 0 Å². The van der Waals surface area contributed by atoms with Crippen molar-refractivity contribution in [2.45, 2.75) is 24.7 Å². The molecule has 0 radical (unpaired) electrons. The number of carbonyl (C=O) groups is 1. The third-order valence-corrected chi connectivity index (χ3v) is 5.61. The second-order valence-corrected chi connectivity index (χ2v) is 7.68. The number of nitrogens with one attached hydrogen (secondary N) is 2. The van der Waals surface area contributed by atoms with Crippen LogP contribution in [0.25, 0.3) is 10.8 Å². The predicted molar refractivity (Wildman–Crippen MR) is 97.9 cm³/mol. The molecule has 2 N–H and O–H groups in total. The Morgan fingerprint density at radius 3 is 2.70 bits per heavy atom. The van der Waals surface area contributed by atoms with Gasteiger partial charge in [0.05, 0.1) is 5.75 Å². The monoisotopic (exact) mass is 328 g/mol. The Morgan fingerprint density at radius 2 is 1.91 bits per heavy atom. The molecule has 3 nitrogen and oxygen atoms in total. The summed E-state index contributed by atoms with van der Waals surface area (Å²) in [5, 5.41) is 8.94. The SMILES string of the molecule is CC1(CNC(=O)CSc2ccc3ccccc3c2)CCNCC1. The summed E-state index contributed by atoms with van der Waals surface area (Å²) < 4.78 is 0. The second-order valence-electron chi connectivity index (χ2n) is 6.64. The smallest absolute Gasteiger partial charge is 0.230 e. The summed E-state index contributed by atoms with van der Waals surface area (Å²) in [7, 11) is 0. The van der Waals surface area contributed by atoms with Gasteiger partial charge in [0.2, 0.25) is 5.91 Å². The standard InChI is InChI=1S/C19H24N2OS/c1-19(8-10-20-11-9-19)14-21-18(22)13-23-17-7-6-15-4-2-3-5-16(15)12-17/h2-7,12,20H,8-11,13-14H2,1H3,(H,21,22). The fourth-order valence-corrected chi connectivity index (χ4v) is 3.75. The summed E-state index contributed by atoms with van der Waals surface area (Å²) in [6.07, 6.45) is 2.26. The molecule has 1 aliphatic rings. The van der Waals surface area contributed by atoms with Gasteiger partial charge in [0.25, 0.3) is 0 Å². The first kappa shape index (κ1) is 16.3. The van der Waals surface area contributed by atoms with E-state index in [1.165, 1.54) is 10.8 Å². The zero-order chi connectivity index (χ0) is 16.1. The minimum atomic E-state index is 0.128. The minimum absolute atomic E-state index is 0.128. The van der Waals surface area contributed by atoms with Gasteiger partial charge < -0.3 is 10.6 Å². The van der Waals surface area contributed by atoms with Crippen molar-refractivity contribution >= 4 is 28.4 Å². The van der Waals surface area contributed by atoms with E-state index in [1.54, 1.807) is 11.8 Å². The number of amides is 1. The van der Waals surface area contributed by atoms with Crippen LogP contribution < -0.4 is 10.6 Å². The summed E-state index contributed by atoms with van der Waals surface area (Å²) in [5.41, 5.74) is 0.245. The first-order valence-corrected chi connectivity index (χ1v) is 9.22. The number of thioether (sulfide) groups is 1. The topological polar surface area (TPSA) is 41.1 Å². The van der Waals surface area contributed by atoms with Gasteiger partial charge in [-0.2, -0.15) is 0 Å². The fourth-order valence-electron chi connectivity index (χ4n) is 2.98. The van der Waals surface area contributed by atoms with Crippen LogP contribution in [0.2, 0.25) is 0 Å². The van der Waals surface area contributed by atoms with E-state index in [4.69, 9.17) is 0 Å². The zero-order valence-corrected chi connectivity index (χ0v) is 14.4. The zero-order valence-electron chi connectivity index (χ0n) is 13.6. The average molecular weight is 328 g/mol. The molecule has 1 saturated heterocycles. The van der Waals surface area contributed by atoms with E-state index in [2.05, 4.69) is 47.9 Å². The highest BCUT2D eigenvalue weighted by molar-refractivity contribution is 8.00. The molecule has 122 valence electrons. The van der Waals surface area contributed by atoms with Crippen molar-refractivity contribution in [3.63, 3.8) is 0 Å². The molecule has 23 heavy (non-hydrogen) atoms. The highest BCUT2D eigenvalue weighted by Crippen LogP contribution is 2.27. The van der Waals surface area contributed by atoms with E-state index >= 15 is 0 Å². The van der Waals surface area contributed by atoms with E-state index in [9.17, 15) is 4.79 Å². The van der Waals surface area contributed by atoms with Gasteiger partial charge in [-0.3, -0.25) is 4.79 Å². The van der Waals surface area contributed by atoms with Gasteiger partial charge in [0.1, 0.15) is 0 Å². The lowest BCUT2D eigenvalue weighted by Crippen LogP contribution is -2.43. The lowest BCUT2D eigenvalue weighted by molar-refractivity contribution is -0.119. The Hall–Kier alpha value is -1.52. The third kappa shape index (κ3) is 4.49. The number of carbonyl (C=O) groups excluding carboxylic acids is 1. The molecule has 3 rings (SSSR count). The van der Waals surface area contributed by atoms with E-state index in [1.807, 2.05) is 12.1 Å². The molecule has 4 heteroatoms. The summed E-state index contributed by atoms with van der Waals surface area (Å²) in [4.78, 5) is 13.3. The number of piperidine rings is 1. The number of benzene rings is 2. The molecule has 0 atom stereocenters. The van der Waals surface area contributed by atoms with Crippen molar-refractivity contribution in [3.8, 4) is 0 Å². The summed E-state index contributed by atoms with van der Waals surface area (Å²) in [5.74, 6) is 0.607. The average Bonchev–Trinajstić information content (AvgIpc) is 2.59. The van der Waals surface area contributed by atoms with Gasteiger partial charge in [0.15, 0.2) is 0 Å². The quantitative estimate of drug-likeness (QED) is 0.826. The molecule has 0 aromatic heterocycles. The number of fused-ring (bicyclic) bond motifs is 1. The molecular weight excluding hydrogens is 304 g/mol. The molecule has 2 aromatic carbocycles. The van der Waals surface area contributed by atoms with Gasteiger partial charge in [-0.25, -0.2) is 0 Å². The van der Waals surface area contributed by atoms with Gasteiger partial charge in [-0.05, 0) is 54.3 Å². The molecule has 0 spiro atoms. The lowest BCUT2D eigenvalue weighted by atomic mass is 9.81. The van der Waals surface area contributed by atoms with Crippen LogP contribution in [0, 0.1) is 5.41 Å². The van der Waals surface area contributed by atoms with Crippen LogP contribution in [-0.4, -0.2) is 31.3 Å². The van der Waals surface area contributed by atoms with Crippen LogP contribution in [0.15, 0.2) is 47.4 Å². The largest absolute Gasteiger partial charge is 0.355 e. The van der Waals surface area contributed by atoms with Crippen molar-refractivity contribution in [3.05, 3.63) is 42.5 Å². The molecule has 0 saturated carbocycles. The van der Waals surface area contributed by atoms with E-state index in [0.29, 0.717) is 5.75 Å². The molecule has 1 amide bonds. The Morgan fingerprint density at radius 1 is 1.17 bits per heavy atom. The lowest BCUT2D eigenvalue weighted by Gasteiger charge is -2.34. The van der Waals surface area contributed by atoms with Crippen LogP contribution in [-0.2, 0) is 4.79 Å². The Balaban J connectivity index is 1.49. The first-order valence-electron chi connectivity index (χ1n) is 8.24. The third-order valence-electron chi connectivity index (χ3n) is 4.61. The van der Waals surface area contributed by atoms with Crippen molar-refractivity contribution in [1.29, 1.82) is 0 Å². The number of rotatable bonds is 5. The molecule has 0 unspecified atom stereocenters. The van der Waals surface area contributed by atoms with Gasteiger partial charge in [-0.1, -0.05) is 37.3 Å². The second kappa shape index (κ2) is 7.37. The number of hydrogen-bond donors (Lipinski definition) is 2. The van der Waals surface area contributed by atoms with E-state index in [0.717, 1.165) is 37.4 Å². The Bertz CT molecular complexity index is 680. The van der Waals surface area contributed by atoms with Gasteiger partial charge in [0, 0.05) is 11.4 Å². The molecular formula is C19H24N2OS. The number of hydrogen-bond acceptors (Lipinski definition) is 3. The molecule has 0 aliphatic carbocycles. The molecule has 2 aromatic rings. The van der Waals surface area contributed by atoms with Crippen LogP contribution in [0.3, 0.4) is 0 Å². The van der Waals surface area contributed by atoms with Gasteiger partial charge in [-0.15, -0.1) is 11.8 Å². The van der Waals surface area contributed by atoms with Crippen LogP contribution in [0.4, 0.5) is 0 Å². The Labute approximate surface area is 142 Å². The van der Waals surface area contributed by atoms with Crippen molar-refractivity contribution in [1.82, 2.24) is 10.6 Å². The van der Waals surface area contributed by atoms with Crippen LogP contribution >= 0.6 is 11.8 Å². The molecule has 1 fully saturated rings. The minimum Gasteiger partial charge on any atom is -0.355 e. The summed E-state index contributed by atoms with van der Waals surface area (Å²) in [6.45, 7) is 5.16. The molecule has 1 heterocycles. The van der Waals surface area contributed by atoms with E-state index < -0.39 is 0 Å². The maximum Gasteiger partial charge on any atom is 0.230 e. The summed E-state index contributed by atoms with van der Waals surface area (Å²) in [6, 6.07) is 14.7. The maximum absolute atomic E-state index is 12.1. The predicted octanol–water partition coefficient (Wildman–Crippen LogP) is 3.44. The van der Waals surface area contributed by atoms with Crippen molar-refractivity contribution in [2.24, 2.45) is 5.41 Å². The fraction of sp³-hybridized carbons (Fsp3) is 0.421. The highest BCUT2D eigenvalue weighted by Gasteiger charge is 2.26. The van der Waals surface area contributed by atoms with Crippen LogP contribution in [0.1, 0.15) is 19.8 Å². The first-order chi connectivity index (χ1) is 11.1. The normalized spacial score (nSPS) is 17.1. The van der Waals surface area contributed by atoms with Crippen molar-refractivity contribution < 1.29 is 4.79 Å². The van der Waals surface area contributed by atoms with Crippen LogP contribution in [0.5, 0.6) is 0 Å². The molecule has 1 aliphatic heterocycles. The maximum atomic E-state index is 12.1. The highest BCUT2D eigenvalue weighted by atomic mass is 32.2.